The molecule has 5 heteroatoms. The molecular weight excluding hydrogens is 210 g/mol. The lowest BCUT2D eigenvalue weighted by Crippen LogP contribution is -2.04. The van der Waals surface area contributed by atoms with Crippen LogP contribution in [0.3, 0.4) is 0 Å². The predicted molar refractivity (Wildman–Crippen MR) is 59.4 cm³/mol. The van der Waals surface area contributed by atoms with Crippen molar-refractivity contribution >= 4 is 17.0 Å². The lowest BCUT2D eigenvalue weighted by molar-refractivity contribution is 0.178. The van der Waals surface area contributed by atoms with Gasteiger partial charge in [0.25, 0.3) is 0 Å². The van der Waals surface area contributed by atoms with Crippen LogP contribution in [0.5, 0.6) is 0 Å². The van der Waals surface area contributed by atoms with E-state index in [1.54, 1.807) is 24.7 Å². The Morgan fingerprint density at radius 3 is 3.00 bits per heavy atom. The van der Waals surface area contributed by atoms with Crippen molar-refractivity contribution in [3.05, 3.63) is 40.6 Å². The number of anilines is 1. The third-order valence-electron chi connectivity index (χ3n) is 2.09. The van der Waals surface area contributed by atoms with Crippen molar-refractivity contribution in [3.63, 3.8) is 0 Å². The van der Waals surface area contributed by atoms with E-state index in [1.807, 2.05) is 5.38 Å². The molecule has 0 saturated heterocycles. The summed E-state index contributed by atoms with van der Waals surface area (Å²) in [5, 5.41) is 12.4. The number of nitrogens with zero attached hydrogens (tertiary/aromatic N) is 2. The number of hydrogen-bond donors (Lipinski definition) is 2. The van der Waals surface area contributed by atoms with Gasteiger partial charge in [0.1, 0.15) is 11.1 Å². The molecule has 15 heavy (non-hydrogen) atoms. The van der Waals surface area contributed by atoms with E-state index < -0.39 is 6.10 Å². The molecule has 0 bridgehead atoms. The summed E-state index contributed by atoms with van der Waals surface area (Å²) in [6, 6.07) is 1.73. The van der Waals surface area contributed by atoms with Crippen molar-refractivity contribution in [1.29, 1.82) is 0 Å². The van der Waals surface area contributed by atoms with E-state index in [4.69, 9.17) is 5.73 Å². The van der Waals surface area contributed by atoms with Gasteiger partial charge in [-0.2, -0.15) is 0 Å². The highest BCUT2D eigenvalue weighted by Crippen LogP contribution is 2.22. The van der Waals surface area contributed by atoms with Gasteiger partial charge < -0.3 is 10.8 Å². The third-order valence-corrected chi connectivity index (χ3v) is 2.97. The molecule has 0 aliphatic heterocycles. The van der Waals surface area contributed by atoms with E-state index in [9.17, 15) is 5.11 Å². The number of thiazole rings is 1. The molecule has 2 heterocycles. The van der Waals surface area contributed by atoms with Crippen LogP contribution in [0.25, 0.3) is 0 Å². The van der Waals surface area contributed by atoms with E-state index >= 15 is 0 Å². The van der Waals surface area contributed by atoms with Gasteiger partial charge in [0.15, 0.2) is 0 Å². The number of rotatable bonds is 3. The largest absolute Gasteiger partial charge is 0.398 e. The standard InChI is InChI=1S/C10H11N3OS/c11-8-1-2-12-6-7(8)5-9(14)10-13-3-4-15-10/h1-4,6,9,14H,5H2,(H2,11,12). The first kappa shape index (κ1) is 10.1. The van der Waals surface area contributed by atoms with E-state index in [2.05, 4.69) is 9.97 Å². The molecule has 0 spiro atoms. The Kier molecular flexibility index (Phi) is 2.94. The molecule has 4 nitrogen and oxygen atoms in total. The molecule has 0 amide bonds. The van der Waals surface area contributed by atoms with Gasteiger partial charge in [0.05, 0.1) is 0 Å². The first-order valence-corrected chi connectivity index (χ1v) is 5.41. The monoisotopic (exact) mass is 221 g/mol. The summed E-state index contributed by atoms with van der Waals surface area (Å²) >= 11 is 1.43. The zero-order valence-corrected chi connectivity index (χ0v) is 8.81. The summed E-state index contributed by atoms with van der Waals surface area (Å²) < 4.78 is 0. The summed E-state index contributed by atoms with van der Waals surface area (Å²) in [6.45, 7) is 0. The molecular formula is C10H11N3OS. The molecule has 1 atom stereocenters. The van der Waals surface area contributed by atoms with Gasteiger partial charge >= 0.3 is 0 Å². The van der Waals surface area contributed by atoms with E-state index in [0.29, 0.717) is 17.1 Å². The number of nitrogens with two attached hydrogens (primary N) is 1. The lowest BCUT2D eigenvalue weighted by atomic mass is 10.1. The number of aliphatic hydroxyl groups is 1. The Morgan fingerprint density at radius 1 is 1.47 bits per heavy atom. The maximum Gasteiger partial charge on any atom is 0.121 e. The van der Waals surface area contributed by atoms with E-state index in [-0.39, 0.29) is 0 Å². The molecule has 2 aromatic rings. The fourth-order valence-electron chi connectivity index (χ4n) is 1.30. The minimum atomic E-state index is -0.600. The van der Waals surface area contributed by atoms with Crippen LogP contribution in [0.2, 0.25) is 0 Å². The smallest absolute Gasteiger partial charge is 0.121 e. The van der Waals surface area contributed by atoms with Crippen LogP contribution in [0.1, 0.15) is 16.7 Å². The molecule has 78 valence electrons. The Hall–Kier alpha value is -1.46. The average Bonchev–Trinajstić information content (AvgIpc) is 2.74. The number of nitrogen functional groups attached to an aromatic ring is 1. The van der Waals surface area contributed by atoms with Gasteiger partial charge in [-0.25, -0.2) is 4.98 Å². The molecule has 1 unspecified atom stereocenters. The Balaban J connectivity index is 2.13. The minimum absolute atomic E-state index is 0.452. The highest BCUT2D eigenvalue weighted by molar-refractivity contribution is 7.09. The number of hydrogen-bond acceptors (Lipinski definition) is 5. The molecule has 0 aliphatic carbocycles. The lowest BCUT2D eigenvalue weighted by Gasteiger charge is -2.08. The maximum absolute atomic E-state index is 9.85. The summed E-state index contributed by atoms with van der Waals surface area (Å²) in [4.78, 5) is 8.02. The van der Waals surface area contributed by atoms with E-state index in [1.165, 1.54) is 11.3 Å². The van der Waals surface area contributed by atoms with Gasteiger partial charge in [0, 0.05) is 36.1 Å². The molecule has 0 fully saturated rings. The quantitative estimate of drug-likeness (QED) is 0.821. The van der Waals surface area contributed by atoms with Crippen LogP contribution >= 0.6 is 11.3 Å². The SMILES string of the molecule is Nc1ccncc1CC(O)c1nccs1. The number of aliphatic hydroxyl groups excluding tert-OH is 1. The molecule has 3 N–H and O–H groups in total. The fraction of sp³-hybridized carbons (Fsp3) is 0.200. The topological polar surface area (TPSA) is 72.0 Å². The molecule has 0 saturated carbocycles. The predicted octanol–water partition coefficient (Wildman–Crippen LogP) is 1.40. The Morgan fingerprint density at radius 2 is 2.33 bits per heavy atom. The van der Waals surface area contributed by atoms with Crippen LogP contribution in [-0.2, 0) is 6.42 Å². The third kappa shape index (κ3) is 2.31. The van der Waals surface area contributed by atoms with Crippen molar-refractivity contribution in [2.45, 2.75) is 12.5 Å². The van der Waals surface area contributed by atoms with Crippen molar-refractivity contribution < 1.29 is 5.11 Å². The zero-order valence-electron chi connectivity index (χ0n) is 8.00. The van der Waals surface area contributed by atoms with Crippen molar-refractivity contribution in [2.24, 2.45) is 0 Å². The van der Waals surface area contributed by atoms with Crippen molar-refractivity contribution in [2.75, 3.05) is 5.73 Å². The Labute approximate surface area is 91.4 Å². The van der Waals surface area contributed by atoms with E-state index in [0.717, 1.165) is 5.56 Å². The van der Waals surface area contributed by atoms with Crippen LogP contribution in [0.15, 0.2) is 30.0 Å². The van der Waals surface area contributed by atoms with Gasteiger partial charge in [-0.3, -0.25) is 4.98 Å². The number of pyridine rings is 1. The first-order valence-electron chi connectivity index (χ1n) is 4.53. The highest BCUT2D eigenvalue weighted by atomic mass is 32.1. The molecule has 0 radical (unpaired) electrons. The average molecular weight is 221 g/mol. The summed E-state index contributed by atoms with van der Waals surface area (Å²) in [5.74, 6) is 0. The Bertz CT molecular complexity index is 430. The van der Waals surface area contributed by atoms with Gasteiger partial charge in [-0.05, 0) is 11.6 Å². The van der Waals surface area contributed by atoms with Gasteiger partial charge in [-0.15, -0.1) is 11.3 Å². The van der Waals surface area contributed by atoms with Crippen molar-refractivity contribution in [1.82, 2.24) is 9.97 Å². The molecule has 0 aliphatic rings. The van der Waals surface area contributed by atoms with Gasteiger partial charge in [0.2, 0.25) is 0 Å². The van der Waals surface area contributed by atoms with Crippen molar-refractivity contribution in [3.8, 4) is 0 Å². The minimum Gasteiger partial charge on any atom is -0.398 e. The molecule has 2 rings (SSSR count). The summed E-state index contributed by atoms with van der Waals surface area (Å²) in [6.07, 6.45) is 4.83. The van der Waals surface area contributed by atoms with Crippen LogP contribution in [0.4, 0.5) is 5.69 Å². The van der Waals surface area contributed by atoms with Crippen LogP contribution < -0.4 is 5.73 Å². The number of aromatic nitrogens is 2. The fourth-order valence-corrected chi connectivity index (χ4v) is 1.93. The molecule has 0 aromatic carbocycles. The maximum atomic E-state index is 9.85. The second kappa shape index (κ2) is 4.37. The zero-order chi connectivity index (χ0) is 10.7. The highest BCUT2D eigenvalue weighted by Gasteiger charge is 2.12. The second-order valence-electron chi connectivity index (χ2n) is 3.16. The molecule has 2 aromatic heterocycles. The first-order chi connectivity index (χ1) is 7.27. The van der Waals surface area contributed by atoms with Crippen LogP contribution in [0, 0.1) is 0 Å². The summed E-state index contributed by atoms with van der Waals surface area (Å²) in [7, 11) is 0. The normalized spacial score (nSPS) is 12.6. The van der Waals surface area contributed by atoms with Crippen LogP contribution in [-0.4, -0.2) is 15.1 Å². The second-order valence-corrected chi connectivity index (χ2v) is 4.09. The summed E-state index contributed by atoms with van der Waals surface area (Å²) in [5.41, 5.74) is 7.25. The van der Waals surface area contributed by atoms with Gasteiger partial charge in [-0.1, -0.05) is 0 Å².